The first kappa shape index (κ1) is 12.0. The molecule has 1 aliphatic rings. The molecule has 0 saturated carbocycles. The van der Waals surface area contributed by atoms with Crippen LogP contribution in [0.25, 0.3) is 0 Å². The third kappa shape index (κ3) is 3.00. The van der Waals surface area contributed by atoms with Gasteiger partial charge in [0.1, 0.15) is 0 Å². The summed E-state index contributed by atoms with van der Waals surface area (Å²) in [6, 6.07) is 3.86. The second-order valence-electron chi connectivity index (χ2n) is 4.22. The van der Waals surface area contributed by atoms with Crippen molar-refractivity contribution in [2.45, 2.75) is 6.42 Å². The fourth-order valence-corrected chi connectivity index (χ4v) is 1.67. The minimum absolute atomic E-state index is 0.0919. The first-order chi connectivity index (χ1) is 8.16. The smallest absolute Gasteiger partial charge is 0.224 e. The van der Waals surface area contributed by atoms with Crippen LogP contribution in [0.4, 0.5) is 8.78 Å². The summed E-state index contributed by atoms with van der Waals surface area (Å²) in [6.07, 6.45) is -0.121. The zero-order chi connectivity index (χ0) is 12.3. The van der Waals surface area contributed by atoms with Crippen molar-refractivity contribution < 1.29 is 13.6 Å². The molecule has 0 aromatic heterocycles. The van der Waals surface area contributed by atoms with Crippen molar-refractivity contribution in [3.63, 3.8) is 0 Å². The van der Waals surface area contributed by atoms with E-state index < -0.39 is 11.6 Å². The highest BCUT2D eigenvalue weighted by atomic mass is 19.2. The Bertz CT molecular complexity index is 419. The molecule has 1 aromatic rings. The summed E-state index contributed by atoms with van der Waals surface area (Å²) >= 11 is 0. The van der Waals surface area contributed by atoms with Gasteiger partial charge in [0.2, 0.25) is 5.91 Å². The van der Waals surface area contributed by atoms with Gasteiger partial charge in [-0.2, -0.15) is 0 Å². The van der Waals surface area contributed by atoms with Crippen LogP contribution < -0.4 is 10.6 Å². The Hall–Kier alpha value is -1.49. The highest BCUT2D eigenvalue weighted by Crippen LogP contribution is 2.11. The molecule has 0 spiro atoms. The molecule has 92 valence electrons. The van der Waals surface area contributed by atoms with E-state index in [0.717, 1.165) is 19.2 Å². The number of nitrogens with one attached hydrogen (secondary N) is 2. The Morgan fingerprint density at radius 3 is 2.82 bits per heavy atom. The van der Waals surface area contributed by atoms with Crippen molar-refractivity contribution in [2.24, 2.45) is 5.92 Å². The molecule has 1 heterocycles. The predicted molar refractivity (Wildman–Crippen MR) is 59.4 cm³/mol. The van der Waals surface area contributed by atoms with Gasteiger partial charge in [-0.05, 0) is 6.07 Å². The van der Waals surface area contributed by atoms with Crippen molar-refractivity contribution in [1.29, 1.82) is 0 Å². The molecule has 1 aromatic carbocycles. The number of amides is 1. The van der Waals surface area contributed by atoms with Gasteiger partial charge in [-0.1, -0.05) is 12.1 Å². The highest BCUT2D eigenvalue weighted by Gasteiger charge is 2.18. The third-order valence-corrected chi connectivity index (χ3v) is 2.84. The molecule has 0 bridgehead atoms. The van der Waals surface area contributed by atoms with Crippen LogP contribution in [0.3, 0.4) is 0 Å². The van der Waals surface area contributed by atoms with Crippen LogP contribution in [0.2, 0.25) is 0 Å². The Kier molecular flexibility index (Phi) is 3.68. The van der Waals surface area contributed by atoms with Gasteiger partial charge >= 0.3 is 0 Å². The lowest BCUT2D eigenvalue weighted by atomic mass is 10.0. The minimum atomic E-state index is -0.937. The van der Waals surface area contributed by atoms with Gasteiger partial charge in [0.05, 0.1) is 6.42 Å². The van der Waals surface area contributed by atoms with E-state index in [0.29, 0.717) is 12.5 Å². The third-order valence-electron chi connectivity index (χ3n) is 2.84. The average Bonchev–Trinajstić information content (AvgIpc) is 2.23. The number of carbonyl (C=O) groups excluding carboxylic acids is 1. The Morgan fingerprint density at radius 2 is 2.18 bits per heavy atom. The molecule has 1 saturated heterocycles. The molecule has 1 fully saturated rings. The fraction of sp³-hybridized carbons (Fsp3) is 0.417. The number of hydrogen-bond donors (Lipinski definition) is 2. The predicted octanol–water partition coefficient (Wildman–Crippen LogP) is 0.843. The van der Waals surface area contributed by atoms with Crippen LogP contribution in [0.15, 0.2) is 18.2 Å². The van der Waals surface area contributed by atoms with Crippen LogP contribution in [-0.2, 0) is 11.2 Å². The molecule has 2 N–H and O–H groups in total. The normalized spacial score (nSPS) is 15.4. The molecular weight excluding hydrogens is 226 g/mol. The van der Waals surface area contributed by atoms with Gasteiger partial charge in [-0.15, -0.1) is 0 Å². The van der Waals surface area contributed by atoms with Gasteiger partial charge in [-0.25, -0.2) is 8.78 Å². The largest absolute Gasteiger partial charge is 0.355 e. The summed E-state index contributed by atoms with van der Waals surface area (Å²) in [5, 5.41) is 5.80. The van der Waals surface area contributed by atoms with Gasteiger partial charge in [0.25, 0.3) is 0 Å². The molecule has 5 heteroatoms. The van der Waals surface area contributed by atoms with E-state index in [1.165, 1.54) is 12.1 Å². The van der Waals surface area contributed by atoms with Crippen LogP contribution in [0.1, 0.15) is 5.56 Å². The Morgan fingerprint density at radius 1 is 1.41 bits per heavy atom. The highest BCUT2D eigenvalue weighted by molar-refractivity contribution is 5.78. The van der Waals surface area contributed by atoms with Crippen LogP contribution >= 0.6 is 0 Å². The second kappa shape index (κ2) is 5.23. The quantitative estimate of drug-likeness (QED) is 0.819. The lowest BCUT2D eigenvalue weighted by Gasteiger charge is -2.27. The van der Waals surface area contributed by atoms with Crippen molar-refractivity contribution in [2.75, 3.05) is 19.6 Å². The maximum atomic E-state index is 13.3. The topological polar surface area (TPSA) is 41.1 Å². The maximum Gasteiger partial charge on any atom is 0.224 e. The Balaban J connectivity index is 1.86. The second-order valence-corrected chi connectivity index (χ2v) is 4.22. The van der Waals surface area contributed by atoms with E-state index in [2.05, 4.69) is 10.6 Å². The molecular formula is C12H14F2N2O. The van der Waals surface area contributed by atoms with Gasteiger partial charge in [0, 0.05) is 31.1 Å². The molecule has 0 radical (unpaired) electrons. The van der Waals surface area contributed by atoms with E-state index in [9.17, 15) is 13.6 Å². The average molecular weight is 240 g/mol. The van der Waals surface area contributed by atoms with Gasteiger partial charge in [-0.3, -0.25) is 4.79 Å². The van der Waals surface area contributed by atoms with Crippen molar-refractivity contribution in [1.82, 2.24) is 10.6 Å². The summed E-state index contributed by atoms with van der Waals surface area (Å²) < 4.78 is 26.2. The Labute approximate surface area is 98.2 Å². The summed E-state index contributed by atoms with van der Waals surface area (Å²) in [7, 11) is 0. The molecule has 2 rings (SSSR count). The number of rotatable bonds is 4. The molecule has 0 atom stereocenters. The zero-order valence-electron chi connectivity index (χ0n) is 9.30. The maximum absolute atomic E-state index is 13.3. The van der Waals surface area contributed by atoms with Crippen molar-refractivity contribution in [3.8, 4) is 0 Å². The van der Waals surface area contributed by atoms with E-state index >= 15 is 0 Å². The number of hydrogen-bond acceptors (Lipinski definition) is 2. The van der Waals surface area contributed by atoms with Crippen LogP contribution in [0, 0.1) is 17.6 Å². The van der Waals surface area contributed by atoms with E-state index in [4.69, 9.17) is 0 Å². The zero-order valence-corrected chi connectivity index (χ0v) is 9.30. The summed E-state index contributed by atoms with van der Waals surface area (Å²) in [5.74, 6) is -1.68. The van der Waals surface area contributed by atoms with Gasteiger partial charge in [0.15, 0.2) is 11.6 Å². The van der Waals surface area contributed by atoms with E-state index in [-0.39, 0.29) is 17.9 Å². The fourth-order valence-electron chi connectivity index (χ4n) is 1.67. The lowest BCUT2D eigenvalue weighted by Crippen LogP contribution is -2.48. The minimum Gasteiger partial charge on any atom is -0.355 e. The summed E-state index contributed by atoms with van der Waals surface area (Å²) in [5.41, 5.74) is 0.0919. The molecule has 1 amide bonds. The molecule has 17 heavy (non-hydrogen) atoms. The summed E-state index contributed by atoms with van der Waals surface area (Å²) in [4.78, 5) is 11.5. The number of halogens is 2. The van der Waals surface area contributed by atoms with Crippen molar-refractivity contribution in [3.05, 3.63) is 35.4 Å². The monoisotopic (exact) mass is 240 g/mol. The van der Waals surface area contributed by atoms with Gasteiger partial charge < -0.3 is 10.6 Å². The van der Waals surface area contributed by atoms with Crippen molar-refractivity contribution >= 4 is 5.91 Å². The SMILES string of the molecule is O=C(Cc1cccc(F)c1F)NCC1CNC1. The number of benzene rings is 1. The summed E-state index contributed by atoms with van der Waals surface area (Å²) in [6.45, 7) is 2.38. The molecule has 1 aliphatic heterocycles. The number of carbonyl (C=O) groups is 1. The van der Waals surface area contributed by atoms with E-state index in [1.54, 1.807) is 0 Å². The lowest BCUT2D eigenvalue weighted by molar-refractivity contribution is -0.120. The van der Waals surface area contributed by atoms with Crippen LogP contribution in [0.5, 0.6) is 0 Å². The molecule has 0 unspecified atom stereocenters. The first-order valence-electron chi connectivity index (χ1n) is 5.57. The first-order valence-corrected chi connectivity index (χ1v) is 5.57. The standard InChI is InChI=1S/C12H14F2N2O/c13-10-3-1-2-9(12(10)14)4-11(17)16-7-8-5-15-6-8/h1-3,8,15H,4-7H2,(H,16,17). The van der Waals surface area contributed by atoms with E-state index in [1.807, 2.05) is 0 Å². The van der Waals surface area contributed by atoms with Crippen LogP contribution in [-0.4, -0.2) is 25.5 Å². The molecule has 3 nitrogen and oxygen atoms in total. The molecule has 0 aliphatic carbocycles.